The molecule has 0 radical (unpaired) electrons. The van der Waals surface area contributed by atoms with Gasteiger partial charge in [-0.15, -0.1) is 0 Å². The zero-order chi connectivity index (χ0) is 20.2. The van der Waals surface area contributed by atoms with Crippen LogP contribution < -0.4 is 10.0 Å². The van der Waals surface area contributed by atoms with Gasteiger partial charge in [0.05, 0.1) is 12.4 Å². The van der Waals surface area contributed by atoms with E-state index < -0.39 is 10.0 Å². The Morgan fingerprint density at radius 3 is 2.64 bits per heavy atom. The van der Waals surface area contributed by atoms with Gasteiger partial charge in [0.25, 0.3) is 0 Å². The van der Waals surface area contributed by atoms with Gasteiger partial charge in [0.15, 0.2) is 0 Å². The molecule has 2 fully saturated rings. The average molecular weight is 411 g/mol. The molecule has 1 saturated carbocycles. The van der Waals surface area contributed by atoms with Gasteiger partial charge in [-0.25, -0.2) is 8.42 Å². The first kappa shape index (κ1) is 21.6. The highest BCUT2D eigenvalue weighted by Gasteiger charge is 2.56. The van der Waals surface area contributed by atoms with Gasteiger partial charge < -0.3 is 15.2 Å². The summed E-state index contributed by atoms with van der Waals surface area (Å²) in [4.78, 5) is 0. The smallest absolute Gasteiger partial charge is 0.234 e. The maximum Gasteiger partial charge on any atom is 0.234 e. The third-order valence-corrected chi connectivity index (χ3v) is 8.08. The van der Waals surface area contributed by atoms with Crippen LogP contribution in [0.25, 0.3) is 0 Å². The van der Waals surface area contributed by atoms with Gasteiger partial charge in [-0.3, -0.25) is 4.72 Å². The largest absolute Gasteiger partial charge is 0.396 e. The van der Waals surface area contributed by atoms with Crippen LogP contribution in [0, 0.1) is 17.8 Å². The van der Waals surface area contributed by atoms with Crippen LogP contribution in [0.2, 0.25) is 0 Å². The van der Waals surface area contributed by atoms with Crippen LogP contribution in [-0.4, -0.2) is 52.7 Å². The Balaban J connectivity index is 1.98. The van der Waals surface area contributed by atoms with Crippen molar-refractivity contribution in [1.82, 2.24) is 5.32 Å². The second-order valence-electron chi connectivity index (χ2n) is 8.17. The maximum absolute atomic E-state index is 12.3. The summed E-state index contributed by atoms with van der Waals surface area (Å²) in [5.41, 5.74) is 1.83. The first-order valence-electron chi connectivity index (χ1n) is 10.4. The summed E-state index contributed by atoms with van der Waals surface area (Å²) in [7, 11) is -1.94. The lowest BCUT2D eigenvalue weighted by Crippen LogP contribution is -2.54. The van der Waals surface area contributed by atoms with Crippen molar-refractivity contribution in [2.75, 3.05) is 43.9 Å². The molecule has 1 aliphatic heterocycles. The van der Waals surface area contributed by atoms with Gasteiger partial charge in [0.1, 0.15) is 0 Å². The third kappa shape index (κ3) is 4.08. The van der Waals surface area contributed by atoms with Crippen molar-refractivity contribution in [2.24, 2.45) is 17.8 Å². The van der Waals surface area contributed by atoms with Crippen LogP contribution >= 0.6 is 0 Å². The number of nitrogens with one attached hydrogen (secondary N) is 2. The molecule has 1 aliphatic carbocycles. The number of aliphatic hydroxyl groups is 1. The molecule has 1 heterocycles. The van der Waals surface area contributed by atoms with E-state index >= 15 is 0 Å². The van der Waals surface area contributed by atoms with Crippen molar-refractivity contribution >= 4 is 15.7 Å². The Bertz CT molecular complexity index is 737. The van der Waals surface area contributed by atoms with Crippen molar-refractivity contribution in [3.63, 3.8) is 0 Å². The molecule has 3 N–H and O–H groups in total. The lowest BCUT2D eigenvalue weighted by Gasteiger charge is -2.50. The molecule has 28 heavy (non-hydrogen) atoms. The number of piperidine rings is 1. The highest BCUT2D eigenvalue weighted by atomic mass is 32.2. The summed E-state index contributed by atoms with van der Waals surface area (Å²) in [6, 6.07) is 7.96. The van der Waals surface area contributed by atoms with Crippen molar-refractivity contribution in [3.05, 3.63) is 29.8 Å². The van der Waals surface area contributed by atoms with Crippen LogP contribution in [0.15, 0.2) is 24.3 Å². The number of fused-ring (bicyclic) bond motifs is 2. The quantitative estimate of drug-likeness (QED) is 0.551. The molecule has 1 aromatic carbocycles. The van der Waals surface area contributed by atoms with Gasteiger partial charge in [0.2, 0.25) is 10.0 Å². The number of sulfonamides is 1. The molecule has 1 aromatic rings. The molecule has 3 atom stereocenters. The molecule has 0 amide bonds. The number of hydrogen-bond acceptors (Lipinski definition) is 5. The summed E-state index contributed by atoms with van der Waals surface area (Å²) < 4.78 is 32.3. The molecule has 6 nitrogen and oxygen atoms in total. The first-order chi connectivity index (χ1) is 13.5. The Kier molecular flexibility index (Phi) is 7.02. The van der Waals surface area contributed by atoms with Gasteiger partial charge in [-0.05, 0) is 67.8 Å². The molecular weight excluding hydrogens is 376 g/mol. The molecule has 3 rings (SSSR count). The van der Waals surface area contributed by atoms with Crippen LogP contribution in [0.3, 0.4) is 0 Å². The van der Waals surface area contributed by atoms with E-state index in [4.69, 9.17) is 4.74 Å². The minimum Gasteiger partial charge on any atom is -0.396 e. The van der Waals surface area contributed by atoms with Gasteiger partial charge >= 0.3 is 0 Å². The lowest BCUT2D eigenvalue weighted by atomic mass is 9.57. The normalized spacial score (nSPS) is 28.2. The zero-order valence-corrected chi connectivity index (χ0v) is 17.8. The summed E-state index contributed by atoms with van der Waals surface area (Å²) in [5.74, 6) is 1.36. The molecular formula is C21H34N2O4S. The molecule has 158 valence electrons. The van der Waals surface area contributed by atoms with Crippen molar-refractivity contribution in [1.29, 1.82) is 0 Å². The molecule has 0 spiro atoms. The van der Waals surface area contributed by atoms with Crippen molar-refractivity contribution in [2.45, 2.75) is 38.0 Å². The predicted octanol–water partition coefficient (Wildman–Crippen LogP) is 2.35. The third-order valence-electron chi connectivity index (χ3n) is 6.83. The molecule has 0 aromatic heterocycles. The number of ether oxygens (including phenoxy) is 1. The van der Waals surface area contributed by atoms with Crippen LogP contribution in [0.1, 0.15) is 38.2 Å². The van der Waals surface area contributed by atoms with E-state index in [0.29, 0.717) is 23.4 Å². The number of anilines is 1. The van der Waals surface area contributed by atoms with Crippen molar-refractivity contribution < 1.29 is 18.3 Å². The fourth-order valence-electron chi connectivity index (χ4n) is 5.77. The number of hydrogen-bond donors (Lipinski definition) is 3. The Hall–Kier alpha value is -1.15. The number of benzene rings is 1. The van der Waals surface area contributed by atoms with Gasteiger partial charge in [0, 0.05) is 24.8 Å². The monoisotopic (exact) mass is 410 g/mol. The molecule has 7 heteroatoms. The number of aliphatic hydroxyl groups excluding tert-OH is 1. The minimum atomic E-state index is -3.44. The standard InChI is InChI=1S/C21H34N2O4S/c1-3-16(9-10-24)21(18-7-8-19(21)15-22-14-18)17-5-4-6-20(13-17)23-28(25,26)12-11-27-2/h4-6,13,16,18-19,22-24H,3,7-12,14-15H2,1-2H3. The molecule has 3 unspecified atom stereocenters. The number of methoxy groups -OCH3 is 1. The SMILES string of the molecule is CCC(CCO)C1(c2cccc(NS(=O)(=O)CCOC)c2)C2CCC1CNC2. The average Bonchev–Trinajstić information content (AvgIpc) is 2.86. The summed E-state index contributed by atoms with van der Waals surface area (Å²) in [5, 5.41) is 13.3. The second-order valence-corrected chi connectivity index (χ2v) is 10.0. The minimum absolute atomic E-state index is 0.00326. The Labute approximate surface area is 169 Å². The fourth-order valence-corrected chi connectivity index (χ4v) is 6.75. The fraction of sp³-hybridized carbons (Fsp3) is 0.714. The predicted molar refractivity (Wildman–Crippen MR) is 112 cm³/mol. The van der Waals surface area contributed by atoms with Crippen LogP contribution in [-0.2, 0) is 20.2 Å². The lowest BCUT2D eigenvalue weighted by molar-refractivity contribution is 0.0848. The summed E-state index contributed by atoms with van der Waals surface area (Å²) in [6.07, 6.45) is 4.16. The van der Waals surface area contributed by atoms with E-state index in [0.717, 1.165) is 25.9 Å². The summed E-state index contributed by atoms with van der Waals surface area (Å²) in [6.45, 7) is 4.55. The van der Waals surface area contributed by atoms with E-state index in [9.17, 15) is 13.5 Å². The van der Waals surface area contributed by atoms with Crippen molar-refractivity contribution in [3.8, 4) is 0 Å². The maximum atomic E-state index is 12.3. The molecule has 1 saturated heterocycles. The van der Waals surface area contributed by atoms with Crippen LogP contribution in [0.5, 0.6) is 0 Å². The second kappa shape index (κ2) is 9.11. The van der Waals surface area contributed by atoms with Crippen LogP contribution in [0.4, 0.5) is 5.69 Å². The summed E-state index contributed by atoms with van der Waals surface area (Å²) >= 11 is 0. The number of rotatable bonds is 10. The van der Waals surface area contributed by atoms with Gasteiger partial charge in [-0.1, -0.05) is 25.5 Å². The van der Waals surface area contributed by atoms with E-state index in [2.05, 4.69) is 23.0 Å². The highest BCUT2D eigenvalue weighted by molar-refractivity contribution is 7.92. The van der Waals surface area contributed by atoms with E-state index in [-0.39, 0.29) is 24.4 Å². The van der Waals surface area contributed by atoms with E-state index in [1.165, 1.54) is 25.5 Å². The van der Waals surface area contributed by atoms with E-state index in [1.807, 2.05) is 18.2 Å². The highest BCUT2D eigenvalue weighted by Crippen LogP contribution is 2.57. The first-order valence-corrected chi connectivity index (χ1v) is 12.0. The topological polar surface area (TPSA) is 87.7 Å². The molecule has 2 aliphatic rings. The Morgan fingerprint density at radius 1 is 1.32 bits per heavy atom. The zero-order valence-electron chi connectivity index (χ0n) is 17.0. The Morgan fingerprint density at radius 2 is 2.04 bits per heavy atom. The molecule has 2 bridgehead atoms. The van der Waals surface area contributed by atoms with Gasteiger partial charge in [-0.2, -0.15) is 0 Å². The van der Waals surface area contributed by atoms with E-state index in [1.54, 1.807) is 0 Å².